The van der Waals surface area contributed by atoms with Gasteiger partial charge in [-0.05, 0) is 49.6 Å². The van der Waals surface area contributed by atoms with E-state index in [1.807, 2.05) is 12.1 Å². The first-order valence-corrected chi connectivity index (χ1v) is 8.62. The van der Waals surface area contributed by atoms with Crippen LogP contribution in [0.2, 0.25) is 0 Å². The van der Waals surface area contributed by atoms with Gasteiger partial charge in [0.25, 0.3) is 0 Å². The quantitative estimate of drug-likeness (QED) is 0.730. The van der Waals surface area contributed by atoms with Crippen molar-refractivity contribution in [3.8, 4) is 11.1 Å². The maximum absolute atomic E-state index is 12.8. The van der Waals surface area contributed by atoms with E-state index in [9.17, 15) is 18.0 Å². The van der Waals surface area contributed by atoms with Crippen molar-refractivity contribution in [3.63, 3.8) is 0 Å². The number of carbonyl (C=O) groups excluding carboxylic acids is 1. The van der Waals surface area contributed by atoms with E-state index in [0.717, 1.165) is 11.1 Å². The predicted molar refractivity (Wildman–Crippen MR) is 94.9 cm³/mol. The Morgan fingerprint density at radius 1 is 1.15 bits per heavy atom. The summed E-state index contributed by atoms with van der Waals surface area (Å²) in [5.41, 5.74) is 2.39. The van der Waals surface area contributed by atoms with Crippen LogP contribution in [0.15, 0.2) is 36.5 Å². The van der Waals surface area contributed by atoms with Crippen molar-refractivity contribution in [1.29, 1.82) is 0 Å². The number of ether oxygens (including phenoxy) is 1. The highest BCUT2D eigenvalue weighted by molar-refractivity contribution is 5.71. The van der Waals surface area contributed by atoms with Crippen molar-refractivity contribution in [3.05, 3.63) is 53.3 Å². The molecule has 1 aliphatic heterocycles. The summed E-state index contributed by atoms with van der Waals surface area (Å²) in [5, 5.41) is 0. The second-order valence-corrected chi connectivity index (χ2v) is 7.61. The molecule has 1 amide bonds. The van der Waals surface area contributed by atoms with Gasteiger partial charge in [-0.2, -0.15) is 13.2 Å². The number of halogens is 3. The van der Waals surface area contributed by atoms with Gasteiger partial charge in [0.1, 0.15) is 5.60 Å². The second kappa shape index (κ2) is 6.87. The molecule has 7 heteroatoms. The summed E-state index contributed by atoms with van der Waals surface area (Å²) >= 11 is 0. The molecular formula is C20H21F3N2O2. The van der Waals surface area contributed by atoms with Crippen molar-refractivity contribution >= 4 is 6.09 Å². The van der Waals surface area contributed by atoms with Gasteiger partial charge in [-0.3, -0.25) is 9.88 Å². The van der Waals surface area contributed by atoms with Crippen LogP contribution in [0.5, 0.6) is 0 Å². The Morgan fingerprint density at radius 3 is 2.52 bits per heavy atom. The lowest BCUT2D eigenvalue weighted by atomic mass is 9.98. The zero-order valence-corrected chi connectivity index (χ0v) is 15.4. The number of fused-ring (bicyclic) bond motifs is 1. The molecule has 0 saturated carbocycles. The first-order chi connectivity index (χ1) is 12.5. The number of aromatic nitrogens is 1. The van der Waals surface area contributed by atoms with Crippen LogP contribution in [0.1, 0.15) is 37.6 Å². The molecule has 1 aliphatic rings. The summed E-state index contributed by atoms with van der Waals surface area (Å²) in [7, 11) is 0. The fourth-order valence-corrected chi connectivity index (χ4v) is 3.05. The normalized spacial score (nSPS) is 14.2. The molecule has 0 spiro atoms. The van der Waals surface area contributed by atoms with Crippen LogP contribution < -0.4 is 0 Å². The molecule has 1 aromatic heterocycles. The molecule has 0 aliphatic carbocycles. The Kier molecular flexibility index (Phi) is 4.88. The monoisotopic (exact) mass is 378 g/mol. The topological polar surface area (TPSA) is 42.4 Å². The maximum atomic E-state index is 12.8. The van der Waals surface area contributed by atoms with E-state index < -0.39 is 24.3 Å². The van der Waals surface area contributed by atoms with Crippen LogP contribution in [0.25, 0.3) is 11.1 Å². The lowest BCUT2D eigenvalue weighted by molar-refractivity contribution is -0.127. The van der Waals surface area contributed by atoms with Gasteiger partial charge < -0.3 is 4.74 Å². The van der Waals surface area contributed by atoms with Crippen LogP contribution in [0.3, 0.4) is 0 Å². The smallest absolute Gasteiger partial charge is 0.410 e. The molecule has 0 N–H and O–H groups in total. The molecule has 0 fully saturated rings. The van der Waals surface area contributed by atoms with Crippen molar-refractivity contribution < 1.29 is 22.7 Å². The molecule has 4 nitrogen and oxygen atoms in total. The van der Waals surface area contributed by atoms with Gasteiger partial charge in [-0.25, -0.2) is 4.79 Å². The molecule has 144 valence electrons. The van der Waals surface area contributed by atoms with Gasteiger partial charge in [0.05, 0.1) is 12.1 Å². The number of rotatable bonds is 2. The minimum Gasteiger partial charge on any atom is -0.444 e. The van der Waals surface area contributed by atoms with Crippen LogP contribution in [0, 0.1) is 0 Å². The summed E-state index contributed by atoms with van der Waals surface area (Å²) in [5.74, 6) is 0. The lowest BCUT2D eigenvalue weighted by Crippen LogP contribution is -2.33. The van der Waals surface area contributed by atoms with E-state index in [4.69, 9.17) is 4.74 Å². The van der Waals surface area contributed by atoms with E-state index in [0.29, 0.717) is 24.2 Å². The molecule has 0 unspecified atom stereocenters. The van der Waals surface area contributed by atoms with Crippen molar-refractivity contribution in [1.82, 2.24) is 9.88 Å². The molecule has 0 radical (unpaired) electrons. The number of nitrogens with zero attached hydrogens (tertiary/aromatic N) is 2. The Labute approximate surface area is 156 Å². The van der Waals surface area contributed by atoms with Crippen molar-refractivity contribution in [2.24, 2.45) is 0 Å². The first-order valence-electron chi connectivity index (χ1n) is 8.62. The lowest BCUT2D eigenvalue weighted by Gasteiger charge is -2.24. The predicted octanol–water partition coefficient (Wildman–Crippen LogP) is 5.10. The zero-order valence-electron chi connectivity index (χ0n) is 15.4. The first kappa shape index (κ1) is 19.2. The van der Waals surface area contributed by atoms with Crippen LogP contribution in [0.4, 0.5) is 18.0 Å². The largest absolute Gasteiger partial charge is 0.444 e. The highest BCUT2D eigenvalue weighted by atomic mass is 19.4. The summed E-state index contributed by atoms with van der Waals surface area (Å²) in [6, 6.07) is 8.70. The molecule has 0 bridgehead atoms. The number of hydrogen-bond donors (Lipinski definition) is 0. The molecule has 3 rings (SSSR count). The van der Waals surface area contributed by atoms with Crippen LogP contribution in [-0.2, 0) is 24.2 Å². The van der Waals surface area contributed by atoms with Gasteiger partial charge in [0.15, 0.2) is 0 Å². The second-order valence-electron chi connectivity index (χ2n) is 7.61. The maximum Gasteiger partial charge on any atom is 0.410 e. The van der Waals surface area contributed by atoms with Crippen molar-refractivity contribution in [2.75, 3.05) is 0 Å². The SMILES string of the molecule is CC(C)(C)OC(=O)N1Cc2ccc(-c3cccnc3CC(F)(F)F)cc2C1. The molecule has 0 atom stereocenters. The molecule has 0 saturated heterocycles. The average molecular weight is 378 g/mol. The molecule has 27 heavy (non-hydrogen) atoms. The molecular weight excluding hydrogens is 357 g/mol. The van der Waals surface area contributed by atoms with E-state index in [-0.39, 0.29) is 5.69 Å². The molecule has 2 aromatic rings. The fraction of sp³-hybridized carbons (Fsp3) is 0.400. The number of alkyl halides is 3. The highest BCUT2D eigenvalue weighted by Gasteiger charge is 2.31. The van der Waals surface area contributed by atoms with Crippen LogP contribution >= 0.6 is 0 Å². The zero-order chi connectivity index (χ0) is 19.8. The number of benzene rings is 1. The Bertz CT molecular complexity index is 857. The van der Waals surface area contributed by atoms with Gasteiger partial charge in [-0.15, -0.1) is 0 Å². The van der Waals surface area contributed by atoms with Gasteiger partial charge in [0, 0.05) is 24.8 Å². The Balaban J connectivity index is 1.84. The van der Waals surface area contributed by atoms with Crippen molar-refractivity contribution in [2.45, 2.75) is 52.1 Å². The van der Waals surface area contributed by atoms with E-state index in [2.05, 4.69) is 4.98 Å². The third kappa shape index (κ3) is 4.78. The number of hydrogen-bond acceptors (Lipinski definition) is 3. The minimum atomic E-state index is -4.33. The standard InChI is InChI=1S/C20H21F3N2O2/c1-19(2,3)27-18(26)25-11-14-7-6-13(9-15(14)12-25)16-5-4-8-24-17(16)10-20(21,22)23/h4-9H,10-12H2,1-3H3. The number of carbonyl (C=O) groups is 1. The summed E-state index contributed by atoms with van der Waals surface area (Å²) in [6.07, 6.45) is -4.45. The average Bonchev–Trinajstić information content (AvgIpc) is 2.95. The molecule has 2 heterocycles. The third-order valence-electron chi connectivity index (χ3n) is 4.15. The Morgan fingerprint density at radius 2 is 1.85 bits per heavy atom. The Hall–Kier alpha value is -2.57. The van der Waals surface area contributed by atoms with E-state index >= 15 is 0 Å². The van der Waals surface area contributed by atoms with Gasteiger partial charge in [0.2, 0.25) is 0 Å². The highest BCUT2D eigenvalue weighted by Crippen LogP contribution is 2.32. The van der Waals surface area contributed by atoms with Crippen LogP contribution in [-0.4, -0.2) is 27.8 Å². The van der Waals surface area contributed by atoms with E-state index in [1.165, 1.54) is 6.20 Å². The third-order valence-corrected chi connectivity index (χ3v) is 4.15. The summed E-state index contributed by atoms with van der Waals surface area (Å²) < 4.78 is 43.9. The number of amides is 1. The molecule has 1 aromatic carbocycles. The number of pyridine rings is 1. The minimum absolute atomic E-state index is 0.00746. The van der Waals surface area contributed by atoms with E-state index in [1.54, 1.807) is 43.9 Å². The van der Waals surface area contributed by atoms with Gasteiger partial charge in [-0.1, -0.05) is 18.2 Å². The fourth-order valence-electron chi connectivity index (χ4n) is 3.05. The summed E-state index contributed by atoms with van der Waals surface area (Å²) in [4.78, 5) is 17.8. The van der Waals surface area contributed by atoms with Gasteiger partial charge >= 0.3 is 12.3 Å². The summed E-state index contributed by atoms with van der Waals surface area (Å²) in [6.45, 7) is 6.20.